The summed E-state index contributed by atoms with van der Waals surface area (Å²) in [6.45, 7) is 8.43. The molecule has 0 bridgehead atoms. The topological polar surface area (TPSA) is 57.7 Å². The molecule has 0 aliphatic heterocycles. The van der Waals surface area contributed by atoms with Gasteiger partial charge in [0.15, 0.2) is 0 Å². The van der Waals surface area contributed by atoms with Gasteiger partial charge >= 0.3 is 5.97 Å². The van der Waals surface area contributed by atoms with Crippen molar-refractivity contribution in [1.29, 1.82) is 0 Å². The Labute approximate surface area is 223 Å². The quantitative estimate of drug-likeness (QED) is 0.204. The number of halogens is 1. The molecule has 1 heterocycles. The summed E-state index contributed by atoms with van der Waals surface area (Å²) < 4.78 is 31.3. The van der Waals surface area contributed by atoms with Crippen molar-refractivity contribution < 1.29 is 23.4 Å². The number of nitrogens with zero attached hydrogens (tertiary/aromatic N) is 1. The summed E-state index contributed by atoms with van der Waals surface area (Å²) in [6.07, 6.45) is 0.434. The molecule has 0 saturated heterocycles. The van der Waals surface area contributed by atoms with Crippen LogP contribution in [0.15, 0.2) is 72.8 Å². The van der Waals surface area contributed by atoms with Crippen LogP contribution in [-0.4, -0.2) is 17.6 Å². The van der Waals surface area contributed by atoms with Gasteiger partial charge in [0, 0.05) is 24.2 Å². The van der Waals surface area contributed by atoms with E-state index in [9.17, 15) is 9.18 Å². The maximum Gasteiger partial charge on any atom is 0.306 e. The minimum atomic E-state index is -0.394. The van der Waals surface area contributed by atoms with E-state index in [1.54, 1.807) is 19.1 Å². The summed E-state index contributed by atoms with van der Waals surface area (Å²) in [5.74, 6) is 1.03. The normalized spacial score (nSPS) is 10.8. The predicted octanol–water partition coefficient (Wildman–Crippen LogP) is 7.68. The SMILES string of the molecule is CCOC(=O)CCc1ccc(OCc2cccc(-c3c(C)cc(Oc4cccc(C)n4)cc3C)c2)cc1F. The molecule has 0 aliphatic carbocycles. The number of benzene rings is 3. The average Bonchev–Trinajstić information content (AvgIpc) is 2.87. The van der Waals surface area contributed by atoms with Crippen LogP contribution in [0.2, 0.25) is 0 Å². The van der Waals surface area contributed by atoms with Crippen LogP contribution in [0.25, 0.3) is 11.1 Å². The van der Waals surface area contributed by atoms with Crippen LogP contribution in [0.5, 0.6) is 17.4 Å². The van der Waals surface area contributed by atoms with E-state index >= 15 is 0 Å². The van der Waals surface area contributed by atoms with Gasteiger partial charge in [-0.3, -0.25) is 4.79 Å². The Balaban J connectivity index is 1.44. The lowest BCUT2D eigenvalue weighted by Crippen LogP contribution is -2.06. The maximum atomic E-state index is 14.5. The smallest absolute Gasteiger partial charge is 0.306 e. The molecule has 1 aromatic heterocycles. The van der Waals surface area contributed by atoms with E-state index < -0.39 is 5.82 Å². The molecule has 0 aliphatic rings. The summed E-state index contributed by atoms with van der Waals surface area (Å²) >= 11 is 0. The number of hydrogen-bond acceptors (Lipinski definition) is 5. The van der Waals surface area contributed by atoms with Crippen LogP contribution in [0.4, 0.5) is 4.39 Å². The lowest BCUT2D eigenvalue weighted by molar-refractivity contribution is -0.143. The first-order chi connectivity index (χ1) is 18.3. The molecule has 0 fully saturated rings. The van der Waals surface area contributed by atoms with Crippen molar-refractivity contribution >= 4 is 5.97 Å². The van der Waals surface area contributed by atoms with Gasteiger partial charge < -0.3 is 14.2 Å². The van der Waals surface area contributed by atoms with Crippen LogP contribution >= 0.6 is 0 Å². The predicted molar refractivity (Wildman–Crippen MR) is 146 cm³/mol. The molecule has 4 aromatic rings. The van der Waals surface area contributed by atoms with Gasteiger partial charge in [0.2, 0.25) is 5.88 Å². The number of ether oxygens (including phenoxy) is 3. The van der Waals surface area contributed by atoms with Gasteiger partial charge in [0.25, 0.3) is 0 Å². The average molecular weight is 514 g/mol. The molecule has 6 heteroatoms. The molecule has 0 unspecified atom stereocenters. The zero-order valence-electron chi connectivity index (χ0n) is 22.2. The third-order valence-corrected chi connectivity index (χ3v) is 6.14. The first-order valence-electron chi connectivity index (χ1n) is 12.7. The molecule has 0 saturated carbocycles. The molecule has 38 heavy (non-hydrogen) atoms. The molecule has 3 aromatic carbocycles. The third kappa shape index (κ3) is 6.97. The van der Waals surface area contributed by atoms with E-state index in [1.165, 1.54) is 6.07 Å². The number of rotatable bonds is 10. The Hall–Kier alpha value is -4.19. The number of aryl methyl sites for hydroxylation is 4. The van der Waals surface area contributed by atoms with Crippen molar-refractivity contribution in [2.45, 2.75) is 47.1 Å². The van der Waals surface area contributed by atoms with Crippen LogP contribution < -0.4 is 9.47 Å². The molecular weight excluding hydrogens is 481 g/mol. The van der Waals surface area contributed by atoms with Crippen molar-refractivity contribution in [3.8, 4) is 28.5 Å². The minimum absolute atomic E-state index is 0.145. The number of carbonyl (C=O) groups excluding carboxylic acids is 1. The van der Waals surface area contributed by atoms with Gasteiger partial charge in [-0.05, 0) is 97.8 Å². The van der Waals surface area contributed by atoms with Crippen molar-refractivity contribution in [3.63, 3.8) is 0 Å². The molecule has 0 atom stereocenters. The van der Waals surface area contributed by atoms with Crippen LogP contribution in [-0.2, 0) is 22.6 Å². The molecule has 5 nitrogen and oxygen atoms in total. The fourth-order valence-electron chi connectivity index (χ4n) is 4.41. The number of pyridine rings is 1. The van der Waals surface area contributed by atoms with Crippen molar-refractivity contribution in [2.75, 3.05) is 6.61 Å². The zero-order valence-corrected chi connectivity index (χ0v) is 22.2. The van der Waals surface area contributed by atoms with Crippen molar-refractivity contribution in [3.05, 3.63) is 107 Å². The highest BCUT2D eigenvalue weighted by molar-refractivity contribution is 5.72. The Morgan fingerprint density at radius 1 is 0.895 bits per heavy atom. The highest BCUT2D eigenvalue weighted by atomic mass is 19.1. The highest BCUT2D eigenvalue weighted by Crippen LogP contribution is 2.33. The van der Waals surface area contributed by atoms with Gasteiger partial charge in [-0.2, -0.15) is 0 Å². The Kier molecular flexibility index (Phi) is 8.74. The van der Waals surface area contributed by atoms with Gasteiger partial charge in [-0.25, -0.2) is 9.37 Å². The van der Waals surface area contributed by atoms with Crippen LogP contribution in [0.1, 0.15) is 41.3 Å². The number of aromatic nitrogens is 1. The zero-order chi connectivity index (χ0) is 27.1. The van der Waals surface area contributed by atoms with Gasteiger partial charge in [0.05, 0.1) is 6.61 Å². The summed E-state index contributed by atoms with van der Waals surface area (Å²) in [7, 11) is 0. The van der Waals surface area contributed by atoms with Crippen LogP contribution in [0.3, 0.4) is 0 Å². The molecule has 196 valence electrons. The molecule has 4 rings (SSSR count). The summed E-state index contributed by atoms with van der Waals surface area (Å²) in [5, 5.41) is 0. The maximum absolute atomic E-state index is 14.5. The number of carbonyl (C=O) groups is 1. The van der Waals surface area contributed by atoms with Gasteiger partial charge in [-0.15, -0.1) is 0 Å². The van der Waals surface area contributed by atoms with E-state index in [1.807, 2.05) is 49.4 Å². The monoisotopic (exact) mass is 513 g/mol. The number of hydrogen-bond donors (Lipinski definition) is 0. The van der Waals surface area contributed by atoms with Crippen LogP contribution in [0, 0.1) is 26.6 Å². The first-order valence-corrected chi connectivity index (χ1v) is 12.7. The number of esters is 1. The molecular formula is C32H32FNO4. The lowest BCUT2D eigenvalue weighted by Gasteiger charge is -2.15. The fourth-order valence-corrected chi connectivity index (χ4v) is 4.41. The second kappa shape index (κ2) is 12.4. The fraction of sp³-hybridized carbons (Fsp3) is 0.250. The second-order valence-corrected chi connectivity index (χ2v) is 9.20. The Morgan fingerprint density at radius 2 is 1.66 bits per heavy atom. The molecule has 0 N–H and O–H groups in total. The summed E-state index contributed by atoms with van der Waals surface area (Å²) in [5.41, 5.74) is 6.72. The van der Waals surface area contributed by atoms with E-state index in [0.29, 0.717) is 30.4 Å². The molecule has 0 spiro atoms. The van der Waals surface area contributed by atoms with Gasteiger partial charge in [0.1, 0.15) is 23.9 Å². The minimum Gasteiger partial charge on any atom is -0.489 e. The largest absolute Gasteiger partial charge is 0.489 e. The van der Waals surface area contributed by atoms with E-state index in [-0.39, 0.29) is 18.8 Å². The van der Waals surface area contributed by atoms with Crippen molar-refractivity contribution in [1.82, 2.24) is 4.98 Å². The van der Waals surface area contributed by atoms with Gasteiger partial charge in [-0.1, -0.05) is 30.3 Å². The lowest BCUT2D eigenvalue weighted by atomic mass is 9.94. The Morgan fingerprint density at radius 3 is 2.37 bits per heavy atom. The molecule has 0 amide bonds. The highest BCUT2D eigenvalue weighted by Gasteiger charge is 2.12. The standard InChI is InChI=1S/C32H32FNO4/c1-5-36-31(35)15-13-25-12-14-27(19-29(25)33)37-20-24-9-7-10-26(18-24)32-21(2)16-28(17-22(32)3)38-30-11-6-8-23(4)34-30/h6-12,14,16-19H,5,13,15,20H2,1-4H3. The van der Waals surface area contributed by atoms with Crippen molar-refractivity contribution in [2.24, 2.45) is 0 Å². The first kappa shape index (κ1) is 26.9. The molecule has 0 radical (unpaired) electrons. The summed E-state index contributed by atoms with van der Waals surface area (Å²) in [4.78, 5) is 16.0. The van der Waals surface area contributed by atoms with E-state index in [4.69, 9.17) is 14.2 Å². The summed E-state index contributed by atoms with van der Waals surface area (Å²) in [6, 6.07) is 22.6. The Bertz CT molecular complexity index is 1410. The second-order valence-electron chi connectivity index (χ2n) is 9.20. The van der Waals surface area contributed by atoms with E-state index in [2.05, 4.69) is 31.0 Å². The third-order valence-electron chi connectivity index (χ3n) is 6.14. The van der Waals surface area contributed by atoms with E-state index in [0.717, 1.165) is 39.3 Å².